The highest BCUT2D eigenvalue weighted by Gasteiger charge is 2.53. The topological polar surface area (TPSA) is 118 Å². The third kappa shape index (κ3) is 2.96. The van der Waals surface area contributed by atoms with Crippen LogP contribution in [0.25, 0.3) is 11.1 Å². The first kappa shape index (κ1) is 19.6. The van der Waals surface area contributed by atoms with E-state index in [0.29, 0.717) is 29.0 Å². The first-order valence-corrected chi connectivity index (χ1v) is 10.2. The largest absolute Gasteiger partial charge is 0.485 e. The number of likely N-dealkylation sites (N-methyl/N-ethyl adjacent to an activating group) is 1. The molecule has 5 rings (SSSR count). The van der Waals surface area contributed by atoms with E-state index in [1.165, 1.54) is 4.90 Å². The minimum absolute atomic E-state index is 0.177. The first-order chi connectivity index (χ1) is 15.4. The van der Waals surface area contributed by atoms with Gasteiger partial charge in [-0.25, -0.2) is 4.99 Å². The molecule has 1 spiro atoms. The number of hydrogen-bond donors (Lipinski definition) is 2. The summed E-state index contributed by atoms with van der Waals surface area (Å²) < 4.78 is 6.33. The molecule has 2 aliphatic heterocycles. The zero-order valence-corrected chi connectivity index (χ0v) is 17.4. The molecule has 0 saturated carbocycles. The van der Waals surface area contributed by atoms with E-state index in [4.69, 9.17) is 16.2 Å². The minimum atomic E-state index is -1.18. The Bertz CT molecular complexity index is 1310. The molecule has 32 heavy (non-hydrogen) atoms. The quantitative estimate of drug-likeness (QED) is 0.613. The normalized spacial score (nSPS) is 21.6. The second kappa shape index (κ2) is 7.13. The molecule has 3 aromatic rings. The van der Waals surface area contributed by atoms with E-state index < -0.39 is 5.54 Å². The Morgan fingerprint density at radius 3 is 2.56 bits per heavy atom. The molecule has 1 amide bonds. The molecule has 0 aliphatic carbocycles. The van der Waals surface area contributed by atoms with E-state index in [-0.39, 0.29) is 18.0 Å². The smallest absolute Gasteiger partial charge is 0.261 e. The van der Waals surface area contributed by atoms with Gasteiger partial charge in [-0.1, -0.05) is 36.4 Å². The highest BCUT2D eigenvalue weighted by atomic mass is 16.5. The molecule has 3 aromatic carbocycles. The van der Waals surface area contributed by atoms with Crippen LogP contribution < -0.4 is 16.2 Å². The molecule has 4 N–H and O–H groups in total. The number of guanidine groups is 1. The first-order valence-electron chi connectivity index (χ1n) is 10.2. The monoisotopic (exact) mass is 423 g/mol. The number of carbonyl (C=O) groups is 1. The molecule has 0 saturated heterocycles. The van der Waals surface area contributed by atoms with Crippen molar-refractivity contribution in [1.29, 1.82) is 5.26 Å². The van der Waals surface area contributed by atoms with E-state index in [1.54, 1.807) is 25.2 Å². The second-order valence-electron chi connectivity index (χ2n) is 8.08. The van der Waals surface area contributed by atoms with Crippen LogP contribution in [0, 0.1) is 11.3 Å². The van der Waals surface area contributed by atoms with E-state index >= 15 is 0 Å². The van der Waals surface area contributed by atoms with E-state index in [9.17, 15) is 10.1 Å². The number of ether oxygens (including phenoxy) is 1. The van der Waals surface area contributed by atoms with Crippen molar-refractivity contribution in [2.75, 3.05) is 12.8 Å². The lowest BCUT2D eigenvalue weighted by molar-refractivity contribution is -0.132. The van der Waals surface area contributed by atoms with Gasteiger partial charge in [0, 0.05) is 24.7 Å². The molecule has 2 heterocycles. The Morgan fingerprint density at radius 2 is 1.88 bits per heavy atom. The van der Waals surface area contributed by atoms with Crippen LogP contribution in [0.15, 0.2) is 71.7 Å². The maximum atomic E-state index is 13.4. The fourth-order valence-electron chi connectivity index (χ4n) is 4.45. The molecule has 0 radical (unpaired) electrons. The van der Waals surface area contributed by atoms with Crippen molar-refractivity contribution in [3.8, 4) is 22.9 Å². The minimum Gasteiger partial charge on any atom is -0.485 e. The van der Waals surface area contributed by atoms with Crippen molar-refractivity contribution >= 4 is 17.6 Å². The summed E-state index contributed by atoms with van der Waals surface area (Å²) in [6, 6.07) is 22.7. The van der Waals surface area contributed by atoms with Crippen LogP contribution in [-0.4, -0.2) is 23.8 Å². The fraction of sp³-hybridized carbons (Fsp3) is 0.160. The van der Waals surface area contributed by atoms with E-state index in [2.05, 4.69) is 11.1 Å². The number of nitrogens with zero attached hydrogens (tertiary/aromatic N) is 3. The van der Waals surface area contributed by atoms with Gasteiger partial charge in [0.15, 0.2) is 11.5 Å². The van der Waals surface area contributed by atoms with Crippen LogP contribution in [0.4, 0.5) is 5.69 Å². The van der Waals surface area contributed by atoms with Gasteiger partial charge in [-0.05, 0) is 47.0 Å². The lowest BCUT2D eigenvalue weighted by atomic mass is 9.79. The highest BCUT2D eigenvalue weighted by Crippen LogP contribution is 2.50. The molecule has 7 heteroatoms. The number of rotatable bonds is 2. The number of nitrogen functional groups attached to an aromatic ring is 1. The van der Waals surface area contributed by atoms with E-state index in [0.717, 1.165) is 16.7 Å². The number of nitrogens with two attached hydrogens (primary N) is 2. The van der Waals surface area contributed by atoms with Crippen molar-refractivity contribution in [2.24, 2.45) is 10.7 Å². The summed E-state index contributed by atoms with van der Waals surface area (Å²) in [5, 5.41) is 9.32. The molecular formula is C25H21N5O2. The number of fused-ring (bicyclic) bond motifs is 2. The zero-order valence-electron chi connectivity index (χ0n) is 17.4. The van der Waals surface area contributed by atoms with Crippen molar-refractivity contribution in [2.45, 2.75) is 18.1 Å². The average molecular weight is 423 g/mol. The van der Waals surface area contributed by atoms with Gasteiger partial charge in [0.1, 0.15) is 11.9 Å². The standard InChI is InChI=1S/C25H21N5O2/c1-30-23(31)25(29-24(30)28)13-22(16-5-3-2-4-6-16)32-21-8-7-17(12-20(21)25)18-9-15(14-26)10-19(27)11-18/h2-12,22H,13,27H2,1H3,(H2,28,29). The Labute approximate surface area is 185 Å². The Kier molecular flexibility index (Phi) is 4.38. The Hall–Kier alpha value is -4.31. The van der Waals surface area contributed by atoms with Gasteiger partial charge in [0.05, 0.1) is 11.6 Å². The summed E-state index contributed by atoms with van der Waals surface area (Å²) in [7, 11) is 1.63. The summed E-state index contributed by atoms with van der Waals surface area (Å²) in [6.45, 7) is 0. The van der Waals surface area contributed by atoms with Crippen molar-refractivity contribution in [1.82, 2.24) is 4.90 Å². The molecular weight excluding hydrogens is 402 g/mol. The van der Waals surface area contributed by atoms with Crippen LogP contribution >= 0.6 is 0 Å². The number of carbonyl (C=O) groups excluding carboxylic acids is 1. The molecule has 0 aromatic heterocycles. The number of aliphatic imine (C=N–C) groups is 1. The highest BCUT2D eigenvalue weighted by molar-refractivity contribution is 6.07. The molecule has 158 valence electrons. The fourth-order valence-corrected chi connectivity index (χ4v) is 4.45. The predicted octanol–water partition coefficient (Wildman–Crippen LogP) is 3.31. The van der Waals surface area contributed by atoms with Crippen LogP contribution in [0.5, 0.6) is 5.75 Å². The number of hydrogen-bond acceptors (Lipinski definition) is 6. The molecule has 0 bridgehead atoms. The molecule has 0 fully saturated rings. The second-order valence-corrected chi connectivity index (χ2v) is 8.08. The molecule has 2 atom stereocenters. The maximum Gasteiger partial charge on any atom is 0.261 e. The lowest BCUT2D eigenvalue weighted by Gasteiger charge is -2.37. The summed E-state index contributed by atoms with van der Waals surface area (Å²) in [5.41, 5.74) is 15.1. The number of benzene rings is 3. The van der Waals surface area contributed by atoms with E-state index in [1.807, 2.05) is 48.5 Å². The average Bonchev–Trinajstić information content (AvgIpc) is 3.02. The lowest BCUT2D eigenvalue weighted by Crippen LogP contribution is -2.43. The van der Waals surface area contributed by atoms with Crippen molar-refractivity contribution in [3.05, 3.63) is 83.4 Å². The zero-order chi connectivity index (χ0) is 22.5. The summed E-state index contributed by atoms with van der Waals surface area (Å²) in [5.74, 6) is 0.567. The van der Waals surface area contributed by atoms with Gasteiger partial charge in [0.25, 0.3) is 5.91 Å². The maximum absolute atomic E-state index is 13.4. The summed E-state index contributed by atoms with van der Waals surface area (Å²) in [6.07, 6.45) is -0.0170. The Morgan fingerprint density at radius 1 is 1.09 bits per heavy atom. The number of anilines is 1. The van der Waals surface area contributed by atoms with Crippen molar-refractivity contribution < 1.29 is 9.53 Å². The van der Waals surface area contributed by atoms with Gasteiger partial charge in [-0.3, -0.25) is 9.69 Å². The van der Waals surface area contributed by atoms with Crippen LogP contribution in [0.3, 0.4) is 0 Å². The van der Waals surface area contributed by atoms with Crippen molar-refractivity contribution in [3.63, 3.8) is 0 Å². The predicted molar refractivity (Wildman–Crippen MR) is 122 cm³/mol. The Balaban J connectivity index is 1.68. The SMILES string of the molecule is CN1C(=O)C2(CC(c3ccccc3)Oc3ccc(-c4cc(N)cc(C#N)c4)cc32)N=C1N. The van der Waals surface area contributed by atoms with Crippen LogP contribution in [0.1, 0.15) is 29.2 Å². The molecule has 2 aliphatic rings. The van der Waals surface area contributed by atoms with Gasteiger partial charge >= 0.3 is 0 Å². The van der Waals surface area contributed by atoms with Gasteiger partial charge in [-0.15, -0.1) is 0 Å². The third-order valence-electron chi connectivity index (χ3n) is 6.07. The molecule has 2 unspecified atom stereocenters. The third-order valence-corrected chi connectivity index (χ3v) is 6.07. The van der Waals surface area contributed by atoms with Gasteiger partial charge < -0.3 is 16.2 Å². The van der Waals surface area contributed by atoms with Crippen LogP contribution in [-0.2, 0) is 10.3 Å². The summed E-state index contributed by atoms with van der Waals surface area (Å²) >= 11 is 0. The van der Waals surface area contributed by atoms with Gasteiger partial charge in [0.2, 0.25) is 0 Å². The van der Waals surface area contributed by atoms with Crippen LogP contribution in [0.2, 0.25) is 0 Å². The van der Waals surface area contributed by atoms with Gasteiger partial charge in [-0.2, -0.15) is 5.26 Å². The summed E-state index contributed by atoms with van der Waals surface area (Å²) in [4.78, 5) is 19.5. The molecule has 7 nitrogen and oxygen atoms in total. The number of nitriles is 1. The number of amides is 1.